The highest BCUT2D eigenvalue weighted by Gasteiger charge is 2.38. The molecule has 1 amide bonds. The van der Waals surface area contributed by atoms with Crippen LogP contribution in [0.1, 0.15) is 32.4 Å². The third kappa shape index (κ3) is 3.23. The summed E-state index contributed by atoms with van der Waals surface area (Å²) in [5, 5.41) is 14.0. The number of thiazole rings is 1. The van der Waals surface area contributed by atoms with Crippen molar-refractivity contribution in [2.75, 3.05) is 13.1 Å². The van der Waals surface area contributed by atoms with Gasteiger partial charge >= 0.3 is 5.97 Å². The smallest absolute Gasteiger partial charge is 0.306 e. The third-order valence-electron chi connectivity index (χ3n) is 4.54. The van der Waals surface area contributed by atoms with Gasteiger partial charge in [-0.2, -0.15) is 0 Å². The van der Waals surface area contributed by atoms with Gasteiger partial charge in [0.2, 0.25) is 5.91 Å². The van der Waals surface area contributed by atoms with Crippen LogP contribution in [0.25, 0.3) is 9.88 Å². The Morgan fingerprint density at radius 3 is 2.58 bits per heavy atom. The number of piperidine rings is 1. The maximum Gasteiger partial charge on any atom is 0.306 e. The lowest BCUT2D eigenvalue weighted by atomic mass is 9.86. The number of thiophene rings is 1. The van der Waals surface area contributed by atoms with E-state index in [-0.39, 0.29) is 11.8 Å². The second-order valence-corrected chi connectivity index (χ2v) is 8.35. The normalized spacial score (nSPS) is 16.3. The van der Waals surface area contributed by atoms with Gasteiger partial charge in [-0.3, -0.25) is 9.59 Å². The van der Waals surface area contributed by atoms with Crippen LogP contribution in [0.4, 0.5) is 0 Å². The first-order chi connectivity index (χ1) is 11.4. The Hall–Kier alpha value is -1.73. The maximum absolute atomic E-state index is 12.9. The molecule has 5 nitrogen and oxygen atoms in total. The number of hydrogen-bond acceptors (Lipinski definition) is 5. The topological polar surface area (TPSA) is 70.5 Å². The minimum Gasteiger partial charge on any atom is -0.481 e. The third-order valence-corrected chi connectivity index (χ3v) is 6.42. The highest BCUT2D eigenvalue weighted by molar-refractivity contribution is 7.20. The predicted octanol–water partition coefficient (Wildman–Crippen LogP) is 3.47. The van der Waals surface area contributed by atoms with Crippen LogP contribution in [0, 0.1) is 5.92 Å². The van der Waals surface area contributed by atoms with Crippen LogP contribution in [-0.2, 0) is 15.0 Å². The molecule has 1 fully saturated rings. The highest BCUT2D eigenvalue weighted by Crippen LogP contribution is 2.34. The summed E-state index contributed by atoms with van der Waals surface area (Å²) in [5.74, 6) is -1.07. The van der Waals surface area contributed by atoms with E-state index >= 15 is 0 Å². The largest absolute Gasteiger partial charge is 0.481 e. The molecule has 0 atom stereocenters. The minimum atomic E-state index is -0.763. The summed E-state index contributed by atoms with van der Waals surface area (Å²) >= 11 is 3.19. The Morgan fingerprint density at radius 1 is 1.29 bits per heavy atom. The number of carboxylic acid groups (broad SMARTS) is 1. The van der Waals surface area contributed by atoms with E-state index in [0.29, 0.717) is 25.9 Å². The van der Waals surface area contributed by atoms with Gasteiger partial charge in [0, 0.05) is 18.5 Å². The Kier molecular flexibility index (Phi) is 4.73. The molecular weight excluding hydrogens is 344 g/mol. The second-order valence-electron chi connectivity index (χ2n) is 6.54. The lowest BCUT2D eigenvalue weighted by Gasteiger charge is -2.35. The van der Waals surface area contributed by atoms with Crippen molar-refractivity contribution in [1.82, 2.24) is 9.88 Å². The molecule has 2 aromatic heterocycles. The molecule has 1 aliphatic heterocycles. The molecule has 128 valence electrons. The van der Waals surface area contributed by atoms with Gasteiger partial charge in [-0.1, -0.05) is 6.07 Å². The van der Waals surface area contributed by atoms with Gasteiger partial charge in [-0.25, -0.2) is 4.98 Å². The summed E-state index contributed by atoms with van der Waals surface area (Å²) in [6.07, 6.45) is 1.04. The number of nitrogens with zero attached hydrogens (tertiary/aromatic N) is 2. The van der Waals surface area contributed by atoms with Crippen molar-refractivity contribution in [3.63, 3.8) is 0 Å². The number of aliphatic carboxylic acids is 1. The molecule has 0 spiro atoms. The second kappa shape index (κ2) is 6.64. The Balaban J connectivity index is 1.73. The van der Waals surface area contributed by atoms with Crippen molar-refractivity contribution >= 4 is 34.6 Å². The molecule has 0 unspecified atom stereocenters. The predicted molar refractivity (Wildman–Crippen MR) is 95.4 cm³/mol. The summed E-state index contributed by atoms with van der Waals surface area (Å²) in [5.41, 5.74) is 0.0727. The van der Waals surface area contributed by atoms with E-state index < -0.39 is 11.4 Å². The molecule has 0 aromatic carbocycles. The van der Waals surface area contributed by atoms with Crippen LogP contribution in [-0.4, -0.2) is 40.0 Å². The Bertz CT molecular complexity index is 729. The van der Waals surface area contributed by atoms with Gasteiger partial charge < -0.3 is 10.0 Å². The van der Waals surface area contributed by atoms with Crippen LogP contribution in [0.5, 0.6) is 0 Å². The monoisotopic (exact) mass is 364 g/mol. The molecule has 3 heterocycles. The first kappa shape index (κ1) is 17.1. The van der Waals surface area contributed by atoms with Gasteiger partial charge in [-0.15, -0.1) is 22.7 Å². The van der Waals surface area contributed by atoms with E-state index in [9.17, 15) is 9.59 Å². The molecule has 24 heavy (non-hydrogen) atoms. The molecule has 0 aliphatic carbocycles. The van der Waals surface area contributed by atoms with Gasteiger partial charge in [0.1, 0.15) is 5.01 Å². The molecule has 1 aliphatic rings. The highest BCUT2D eigenvalue weighted by atomic mass is 32.1. The zero-order valence-corrected chi connectivity index (χ0v) is 15.3. The minimum absolute atomic E-state index is 0.0226. The van der Waals surface area contributed by atoms with E-state index in [1.54, 1.807) is 27.6 Å². The van der Waals surface area contributed by atoms with E-state index in [1.165, 1.54) is 0 Å². The standard InChI is InChI=1S/C17H20N2O3S2/c1-17(2,13-10-24-14(18-13)12-4-3-9-23-12)16(22)19-7-5-11(6-8-19)15(20)21/h3-4,9-11H,5-8H2,1-2H3,(H,20,21). The van der Waals surface area contributed by atoms with Crippen LogP contribution < -0.4 is 0 Å². The fraction of sp³-hybridized carbons (Fsp3) is 0.471. The van der Waals surface area contributed by atoms with Gasteiger partial charge in [-0.05, 0) is 38.1 Å². The Labute approximate surface area is 149 Å². The molecule has 2 aromatic rings. The number of hydrogen-bond donors (Lipinski definition) is 1. The van der Waals surface area contributed by atoms with Crippen LogP contribution in [0.2, 0.25) is 0 Å². The zero-order chi connectivity index (χ0) is 17.3. The average molecular weight is 364 g/mol. The number of carboxylic acids is 1. The first-order valence-corrected chi connectivity index (χ1v) is 9.67. The van der Waals surface area contributed by atoms with E-state index in [0.717, 1.165) is 15.6 Å². The summed E-state index contributed by atoms with van der Waals surface area (Å²) in [4.78, 5) is 31.6. The van der Waals surface area contributed by atoms with Crippen LogP contribution in [0.15, 0.2) is 22.9 Å². The van der Waals surface area contributed by atoms with Crippen molar-refractivity contribution in [2.24, 2.45) is 5.92 Å². The summed E-state index contributed by atoms with van der Waals surface area (Å²) in [7, 11) is 0. The molecule has 1 saturated heterocycles. The first-order valence-electron chi connectivity index (χ1n) is 7.91. The van der Waals surface area contributed by atoms with Crippen molar-refractivity contribution < 1.29 is 14.7 Å². The Morgan fingerprint density at radius 2 is 2.00 bits per heavy atom. The summed E-state index contributed by atoms with van der Waals surface area (Å²) < 4.78 is 0. The van der Waals surface area contributed by atoms with Gasteiger partial charge in [0.25, 0.3) is 0 Å². The summed E-state index contributed by atoms with van der Waals surface area (Å²) in [6.45, 7) is 4.79. The van der Waals surface area contributed by atoms with Gasteiger partial charge in [0.15, 0.2) is 0 Å². The van der Waals surface area contributed by atoms with Gasteiger partial charge in [0.05, 0.1) is 21.9 Å². The van der Waals surface area contributed by atoms with E-state index in [1.807, 2.05) is 36.7 Å². The lowest BCUT2D eigenvalue weighted by molar-refractivity contribution is -0.147. The maximum atomic E-state index is 12.9. The molecule has 7 heteroatoms. The number of amides is 1. The lowest BCUT2D eigenvalue weighted by Crippen LogP contribution is -2.48. The zero-order valence-electron chi connectivity index (χ0n) is 13.7. The molecular formula is C17H20N2O3S2. The number of likely N-dealkylation sites (tertiary alicyclic amines) is 1. The van der Waals surface area contributed by atoms with Crippen molar-refractivity contribution in [3.05, 3.63) is 28.6 Å². The number of carbonyl (C=O) groups is 2. The fourth-order valence-electron chi connectivity index (χ4n) is 2.91. The van der Waals surface area contributed by atoms with Crippen LogP contribution >= 0.6 is 22.7 Å². The fourth-order valence-corrected chi connectivity index (χ4v) is 4.71. The van der Waals surface area contributed by atoms with Crippen molar-refractivity contribution in [1.29, 1.82) is 0 Å². The van der Waals surface area contributed by atoms with Crippen LogP contribution in [0.3, 0.4) is 0 Å². The number of carbonyl (C=O) groups excluding carboxylic acids is 1. The molecule has 0 saturated carbocycles. The van der Waals surface area contributed by atoms with E-state index in [2.05, 4.69) is 4.98 Å². The quantitative estimate of drug-likeness (QED) is 0.902. The molecule has 1 N–H and O–H groups in total. The van der Waals surface area contributed by atoms with Crippen molar-refractivity contribution in [2.45, 2.75) is 32.1 Å². The average Bonchev–Trinajstić information content (AvgIpc) is 3.25. The summed E-state index contributed by atoms with van der Waals surface area (Å²) in [6, 6.07) is 4.02. The molecule has 0 bridgehead atoms. The molecule has 3 rings (SSSR count). The molecule has 0 radical (unpaired) electrons. The van der Waals surface area contributed by atoms with Crippen molar-refractivity contribution in [3.8, 4) is 9.88 Å². The SMILES string of the molecule is CC(C)(C(=O)N1CCC(C(=O)O)CC1)c1csc(-c2cccs2)n1. The van der Waals surface area contributed by atoms with E-state index in [4.69, 9.17) is 5.11 Å². The number of rotatable bonds is 4. The number of aromatic nitrogens is 1.